The van der Waals surface area contributed by atoms with Crippen LogP contribution in [-0.2, 0) is 33.0 Å². The fraction of sp³-hybridized carbons (Fsp3) is 0.323. The van der Waals surface area contributed by atoms with E-state index < -0.39 is 32.4 Å². The second-order valence-corrected chi connectivity index (χ2v) is 13.9. The molecular formula is C31H31F3N2O4S2. The standard InChI is InChI=1S/C31H31F3N2O4S2/c1-30(42(37,38)26-10-6-9-24(17-26)31(32,33)34)15-16-40-28(19-30)27-18-29(35-36(27)20-22-7-4-3-5-8-22)41-21-23-11-13-25(39-2)14-12-23/h3-14,17-18,28H,15-16,19-21H2,1-2H3/t28-,30+/m1/s1. The molecule has 2 heterocycles. The zero-order valence-corrected chi connectivity index (χ0v) is 24.8. The molecule has 0 unspecified atom stereocenters. The Morgan fingerprint density at radius 3 is 2.45 bits per heavy atom. The number of halogens is 3. The highest BCUT2D eigenvalue weighted by Crippen LogP contribution is 2.43. The third kappa shape index (κ3) is 6.53. The molecule has 0 radical (unpaired) electrons. The van der Waals surface area contributed by atoms with E-state index in [9.17, 15) is 21.6 Å². The van der Waals surface area contributed by atoms with Gasteiger partial charge in [0.15, 0.2) is 9.84 Å². The third-order valence-electron chi connectivity index (χ3n) is 7.53. The van der Waals surface area contributed by atoms with E-state index in [-0.39, 0.29) is 24.3 Å². The highest BCUT2D eigenvalue weighted by molar-refractivity contribution is 7.98. The van der Waals surface area contributed by atoms with Crippen LogP contribution in [0.25, 0.3) is 0 Å². The van der Waals surface area contributed by atoms with E-state index in [0.717, 1.165) is 45.8 Å². The number of sulfone groups is 1. The molecule has 0 bridgehead atoms. The number of ether oxygens (including phenoxy) is 2. The Morgan fingerprint density at radius 2 is 1.76 bits per heavy atom. The van der Waals surface area contributed by atoms with Crippen molar-refractivity contribution in [2.75, 3.05) is 13.7 Å². The first-order valence-electron chi connectivity index (χ1n) is 13.4. The molecule has 11 heteroatoms. The lowest BCUT2D eigenvalue weighted by molar-refractivity contribution is -0.137. The lowest BCUT2D eigenvalue weighted by Crippen LogP contribution is -2.42. The van der Waals surface area contributed by atoms with Gasteiger partial charge in [-0.15, -0.1) is 0 Å². The molecule has 6 nitrogen and oxygen atoms in total. The molecule has 0 aliphatic carbocycles. The smallest absolute Gasteiger partial charge is 0.416 e. The van der Waals surface area contributed by atoms with Crippen LogP contribution in [0.15, 0.2) is 94.9 Å². The van der Waals surface area contributed by atoms with Gasteiger partial charge in [-0.05, 0) is 67.3 Å². The first-order valence-corrected chi connectivity index (χ1v) is 15.9. The quantitative estimate of drug-likeness (QED) is 0.183. The van der Waals surface area contributed by atoms with Crippen molar-refractivity contribution in [2.24, 2.45) is 0 Å². The number of hydrogen-bond donors (Lipinski definition) is 0. The molecule has 1 fully saturated rings. The molecule has 1 aliphatic heterocycles. The van der Waals surface area contributed by atoms with Gasteiger partial charge >= 0.3 is 6.18 Å². The Kier molecular flexibility index (Phi) is 8.73. The highest BCUT2D eigenvalue weighted by atomic mass is 32.2. The average Bonchev–Trinajstić information content (AvgIpc) is 3.39. The Balaban J connectivity index is 1.43. The summed E-state index contributed by atoms with van der Waals surface area (Å²) < 4.78 is 79.6. The van der Waals surface area contributed by atoms with Crippen LogP contribution in [0.5, 0.6) is 5.75 Å². The molecule has 2 atom stereocenters. The van der Waals surface area contributed by atoms with Crippen LogP contribution in [0.2, 0.25) is 0 Å². The predicted octanol–water partition coefficient (Wildman–Crippen LogP) is 7.34. The van der Waals surface area contributed by atoms with Crippen molar-refractivity contribution in [3.8, 4) is 5.75 Å². The maximum atomic E-state index is 13.8. The van der Waals surface area contributed by atoms with Crippen LogP contribution < -0.4 is 4.74 Å². The molecule has 0 spiro atoms. The van der Waals surface area contributed by atoms with Crippen molar-refractivity contribution in [2.45, 2.75) is 59.0 Å². The van der Waals surface area contributed by atoms with Crippen LogP contribution in [0.4, 0.5) is 13.2 Å². The summed E-state index contributed by atoms with van der Waals surface area (Å²) in [5.74, 6) is 1.44. The second-order valence-electron chi connectivity index (χ2n) is 10.5. The van der Waals surface area contributed by atoms with Gasteiger partial charge in [-0.3, -0.25) is 4.68 Å². The normalized spacial score (nSPS) is 19.5. The third-order valence-corrected chi connectivity index (χ3v) is 11.0. The van der Waals surface area contributed by atoms with Crippen molar-refractivity contribution < 1.29 is 31.1 Å². The minimum absolute atomic E-state index is 0.0780. The number of rotatable bonds is 9. The summed E-state index contributed by atoms with van der Waals surface area (Å²) in [6.07, 6.45) is -5.02. The van der Waals surface area contributed by atoms with Gasteiger partial charge in [0.25, 0.3) is 0 Å². The molecule has 1 aromatic heterocycles. The summed E-state index contributed by atoms with van der Waals surface area (Å²) in [4.78, 5) is -0.339. The number of benzene rings is 3. The van der Waals surface area contributed by atoms with Gasteiger partial charge in [0, 0.05) is 12.4 Å². The number of hydrogen-bond acceptors (Lipinski definition) is 6. The maximum Gasteiger partial charge on any atom is 0.416 e. The van der Waals surface area contributed by atoms with Crippen molar-refractivity contribution >= 4 is 21.6 Å². The van der Waals surface area contributed by atoms with E-state index in [1.807, 2.05) is 65.3 Å². The van der Waals surface area contributed by atoms with E-state index in [1.165, 1.54) is 6.07 Å². The largest absolute Gasteiger partial charge is 0.497 e. The fourth-order valence-electron chi connectivity index (χ4n) is 5.03. The minimum Gasteiger partial charge on any atom is -0.497 e. The molecule has 42 heavy (non-hydrogen) atoms. The summed E-state index contributed by atoms with van der Waals surface area (Å²) >= 11 is 1.55. The van der Waals surface area contributed by atoms with Crippen molar-refractivity contribution in [3.05, 3.63) is 107 Å². The zero-order chi connectivity index (χ0) is 30.0. The summed E-state index contributed by atoms with van der Waals surface area (Å²) in [5.41, 5.74) is 1.84. The van der Waals surface area contributed by atoms with Gasteiger partial charge in [0.2, 0.25) is 0 Å². The first kappa shape index (κ1) is 30.2. The topological polar surface area (TPSA) is 70.4 Å². The summed E-state index contributed by atoms with van der Waals surface area (Å²) in [7, 11) is -2.51. The van der Waals surface area contributed by atoms with Crippen LogP contribution >= 0.6 is 11.8 Å². The molecule has 222 valence electrons. The Hall–Kier alpha value is -3.28. The van der Waals surface area contributed by atoms with Crippen LogP contribution in [0.1, 0.15) is 48.3 Å². The maximum absolute atomic E-state index is 13.8. The van der Waals surface area contributed by atoms with E-state index in [1.54, 1.807) is 25.8 Å². The average molecular weight is 617 g/mol. The Labute approximate surface area is 247 Å². The molecular weight excluding hydrogens is 585 g/mol. The second kappa shape index (κ2) is 12.1. The summed E-state index contributed by atoms with van der Waals surface area (Å²) in [6, 6.07) is 23.4. The number of aromatic nitrogens is 2. The van der Waals surface area contributed by atoms with Gasteiger partial charge in [0.05, 0.1) is 34.6 Å². The number of alkyl halides is 3. The monoisotopic (exact) mass is 616 g/mol. The molecule has 0 amide bonds. The molecule has 4 aromatic rings. The van der Waals surface area contributed by atoms with Crippen molar-refractivity contribution in [3.63, 3.8) is 0 Å². The summed E-state index contributed by atoms with van der Waals surface area (Å²) in [5, 5.41) is 5.59. The van der Waals surface area contributed by atoms with E-state index in [4.69, 9.17) is 14.6 Å². The fourth-order valence-corrected chi connectivity index (χ4v) is 7.73. The molecule has 1 aliphatic rings. The zero-order valence-electron chi connectivity index (χ0n) is 23.2. The highest BCUT2D eigenvalue weighted by Gasteiger charge is 2.46. The molecule has 3 aromatic carbocycles. The molecule has 0 N–H and O–H groups in total. The number of thioether (sulfide) groups is 1. The van der Waals surface area contributed by atoms with E-state index in [0.29, 0.717) is 12.3 Å². The van der Waals surface area contributed by atoms with E-state index >= 15 is 0 Å². The van der Waals surface area contributed by atoms with Crippen molar-refractivity contribution in [1.29, 1.82) is 0 Å². The van der Waals surface area contributed by atoms with Crippen LogP contribution in [0, 0.1) is 0 Å². The van der Waals surface area contributed by atoms with Gasteiger partial charge in [-0.1, -0.05) is 60.3 Å². The Bertz CT molecular complexity index is 1620. The summed E-state index contributed by atoms with van der Waals surface area (Å²) in [6.45, 7) is 2.19. The Morgan fingerprint density at radius 1 is 1.02 bits per heavy atom. The van der Waals surface area contributed by atoms with Crippen LogP contribution in [0.3, 0.4) is 0 Å². The predicted molar refractivity (Wildman–Crippen MR) is 155 cm³/mol. The number of nitrogens with zero attached hydrogens (tertiary/aromatic N) is 2. The number of methoxy groups -OCH3 is 1. The SMILES string of the molecule is COc1ccc(CSc2cc([C@H]3C[C@@](C)(S(=O)(=O)c4cccc(C(F)(F)F)c4)CCO3)n(Cc3ccccc3)n2)cc1. The van der Waals surface area contributed by atoms with Gasteiger partial charge in [-0.2, -0.15) is 18.3 Å². The lowest BCUT2D eigenvalue weighted by Gasteiger charge is -2.37. The molecule has 0 saturated carbocycles. The molecule has 1 saturated heterocycles. The van der Waals surface area contributed by atoms with Gasteiger partial charge in [0.1, 0.15) is 16.9 Å². The minimum atomic E-state index is -4.64. The molecule has 5 rings (SSSR count). The van der Waals surface area contributed by atoms with E-state index in [2.05, 4.69) is 0 Å². The van der Waals surface area contributed by atoms with Crippen molar-refractivity contribution in [1.82, 2.24) is 9.78 Å². The first-order chi connectivity index (χ1) is 20.0. The van der Waals surface area contributed by atoms with Gasteiger partial charge in [-0.25, -0.2) is 8.42 Å². The van der Waals surface area contributed by atoms with Gasteiger partial charge < -0.3 is 9.47 Å². The van der Waals surface area contributed by atoms with Crippen LogP contribution in [-0.4, -0.2) is 36.7 Å². The lowest BCUT2D eigenvalue weighted by atomic mass is 9.94.